The van der Waals surface area contributed by atoms with Crippen LogP contribution in [0.2, 0.25) is 0 Å². The number of aromatic amines is 1. The molecule has 0 aromatic carbocycles. The van der Waals surface area contributed by atoms with Gasteiger partial charge in [0.2, 0.25) is 12.1 Å². The number of aliphatic hydroxyl groups is 2. The van der Waals surface area contributed by atoms with E-state index in [0.717, 1.165) is 0 Å². The molecule has 0 saturated carbocycles. The third-order valence-corrected chi connectivity index (χ3v) is 2.51. The van der Waals surface area contributed by atoms with Crippen molar-refractivity contribution in [3.8, 4) is 0 Å². The van der Waals surface area contributed by atoms with E-state index < -0.39 is 0 Å². The molecule has 2 rings (SSSR count). The molecule has 0 aliphatic rings. The average molecular weight is 253 g/mol. The minimum Gasteiger partial charge on any atom is -0.396 e. The summed E-state index contributed by atoms with van der Waals surface area (Å²) in [6.07, 6.45) is 2.22. The van der Waals surface area contributed by atoms with Crippen molar-refractivity contribution < 1.29 is 14.8 Å². The summed E-state index contributed by atoms with van der Waals surface area (Å²) in [5.74, 6) is 0.909. The van der Waals surface area contributed by atoms with Crippen LogP contribution in [0.3, 0.4) is 0 Å². The number of rotatable bonds is 6. The van der Waals surface area contributed by atoms with Gasteiger partial charge in [-0.2, -0.15) is 0 Å². The summed E-state index contributed by atoms with van der Waals surface area (Å²) in [5.41, 5.74) is 7.10. The number of H-pyrrole nitrogens is 1. The lowest BCUT2D eigenvalue weighted by molar-refractivity contribution is -0.676. The summed E-state index contributed by atoms with van der Waals surface area (Å²) in [6.45, 7) is 1.16. The Hall–Kier alpha value is -1.93. The SMILES string of the molecule is Nc1nc[n+](CCCO)c2nc(NCCO)[nH]c12. The fourth-order valence-electron chi connectivity index (χ4n) is 1.66. The highest BCUT2D eigenvalue weighted by molar-refractivity contribution is 5.80. The highest BCUT2D eigenvalue weighted by atomic mass is 16.3. The van der Waals surface area contributed by atoms with Crippen LogP contribution in [0.25, 0.3) is 11.2 Å². The lowest BCUT2D eigenvalue weighted by Crippen LogP contribution is -2.36. The van der Waals surface area contributed by atoms with E-state index in [1.165, 1.54) is 0 Å². The lowest BCUT2D eigenvalue weighted by atomic mass is 10.4. The van der Waals surface area contributed by atoms with Crippen molar-refractivity contribution in [1.29, 1.82) is 0 Å². The largest absolute Gasteiger partial charge is 0.396 e. The van der Waals surface area contributed by atoms with Crippen molar-refractivity contribution >= 4 is 22.9 Å². The van der Waals surface area contributed by atoms with Crippen LogP contribution in [0.15, 0.2) is 6.33 Å². The Labute approximate surface area is 103 Å². The maximum Gasteiger partial charge on any atom is 0.295 e. The first kappa shape index (κ1) is 12.5. The minimum absolute atomic E-state index is 0.0231. The molecule has 0 aliphatic heterocycles. The number of aliphatic hydroxyl groups excluding tert-OH is 2. The molecule has 2 heterocycles. The van der Waals surface area contributed by atoms with Gasteiger partial charge in [0.1, 0.15) is 0 Å². The minimum atomic E-state index is 0.0231. The lowest BCUT2D eigenvalue weighted by Gasteiger charge is -1.98. The van der Waals surface area contributed by atoms with E-state index >= 15 is 0 Å². The molecule has 0 aliphatic carbocycles. The number of nitrogens with two attached hydrogens (primary N) is 1. The van der Waals surface area contributed by atoms with Crippen LogP contribution in [0, 0.1) is 0 Å². The Kier molecular flexibility index (Phi) is 3.90. The van der Waals surface area contributed by atoms with E-state index in [0.29, 0.717) is 42.4 Å². The summed E-state index contributed by atoms with van der Waals surface area (Å²) in [5, 5.41) is 20.5. The summed E-state index contributed by atoms with van der Waals surface area (Å²) in [4.78, 5) is 11.4. The normalized spacial score (nSPS) is 11.0. The topological polar surface area (TPSA) is 124 Å². The Morgan fingerprint density at radius 1 is 1.39 bits per heavy atom. The fraction of sp³-hybridized carbons (Fsp3) is 0.500. The van der Waals surface area contributed by atoms with Gasteiger partial charge in [-0.05, 0) is 0 Å². The van der Waals surface area contributed by atoms with Gasteiger partial charge >= 0.3 is 0 Å². The number of nitrogens with zero attached hydrogens (tertiary/aromatic N) is 3. The molecule has 0 atom stereocenters. The molecule has 0 spiro atoms. The number of hydrogen-bond acceptors (Lipinski definition) is 6. The number of fused-ring (bicyclic) bond motifs is 1. The molecule has 0 fully saturated rings. The molecule has 0 radical (unpaired) electrons. The molecule has 6 N–H and O–H groups in total. The maximum atomic E-state index is 8.85. The molecular weight excluding hydrogens is 236 g/mol. The van der Waals surface area contributed by atoms with Crippen molar-refractivity contribution in [3.05, 3.63) is 6.33 Å². The first-order valence-electron chi connectivity index (χ1n) is 5.75. The van der Waals surface area contributed by atoms with E-state index in [-0.39, 0.29) is 13.2 Å². The maximum absolute atomic E-state index is 8.85. The number of hydrogen-bond donors (Lipinski definition) is 5. The van der Waals surface area contributed by atoms with Crippen molar-refractivity contribution in [3.63, 3.8) is 0 Å². The number of aryl methyl sites for hydroxylation is 1. The van der Waals surface area contributed by atoms with E-state index in [1.807, 2.05) is 4.57 Å². The van der Waals surface area contributed by atoms with Crippen molar-refractivity contribution in [2.75, 3.05) is 30.8 Å². The molecular formula is C10H17N6O2+. The Morgan fingerprint density at radius 2 is 2.22 bits per heavy atom. The molecule has 0 bridgehead atoms. The van der Waals surface area contributed by atoms with Crippen LogP contribution < -0.4 is 15.6 Å². The fourth-order valence-corrected chi connectivity index (χ4v) is 1.66. The van der Waals surface area contributed by atoms with Gasteiger partial charge in [0, 0.05) is 19.6 Å². The molecule has 8 heteroatoms. The van der Waals surface area contributed by atoms with Crippen LogP contribution in [0.5, 0.6) is 0 Å². The predicted molar refractivity (Wildman–Crippen MR) is 65.8 cm³/mol. The van der Waals surface area contributed by atoms with E-state index in [9.17, 15) is 0 Å². The first-order valence-corrected chi connectivity index (χ1v) is 5.75. The summed E-state index contributed by atoms with van der Waals surface area (Å²) in [7, 11) is 0. The monoisotopic (exact) mass is 253 g/mol. The predicted octanol–water partition coefficient (Wildman–Crippen LogP) is -1.39. The Balaban J connectivity index is 2.34. The quantitative estimate of drug-likeness (QED) is 0.404. The number of aromatic nitrogens is 4. The van der Waals surface area contributed by atoms with Crippen LogP contribution in [-0.2, 0) is 6.54 Å². The summed E-state index contributed by atoms with van der Waals surface area (Å²) < 4.78 is 1.82. The second kappa shape index (κ2) is 5.61. The Bertz CT molecular complexity index is 526. The molecule has 0 unspecified atom stereocenters. The first-order chi connectivity index (χ1) is 8.76. The molecule has 0 amide bonds. The van der Waals surface area contributed by atoms with Crippen LogP contribution in [0.1, 0.15) is 6.42 Å². The zero-order chi connectivity index (χ0) is 13.0. The zero-order valence-corrected chi connectivity index (χ0v) is 9.93. The van der Waals surface area contributed by atoms with E-state index in [1.54, 1.807) is 6.33 Å². The smallest absolute Gasteiger partial charge is 0.295 e. The van der Waals surface area contributed by atoms with Gasteiger partial charge in [-0.1, -0.05) is 9.97 Å². The summed E-state index contributed by atoms with van der Waals surface area (Å²) in [6, 6.07) is 0. The Morgan fingerprint density at radius 3 is 2.94 bits per heavy atom. The van der Waals surface area contributed by atoms with Crippen molar-refractivity contribution in [2.24, 2.45) is 0 Å². The van der Waals surface area contributed by atoms with Gasteiger partial charge in [0.15, 0.2) is 5.52 Å². The second-order valence-electron chi connectivity index (χ2n) is 3.83. The van der Waals surface area contributed by atoms with Gasteiger partial charge in [0.05, 0.1) is 13.2 Å². The number of nitrogens with one attached hydrogen (secondary N) is 2. The molecule has 2 aromatic heterocycles. The number of nitrogen functional groups attached to an aromatic ring is 1. The average Bonchev–Trinajstić information content (AvgIpc) is 2.81. The summed E-state index contributed by atoms with van der Waals surface area (Å²) >= 11 is 0. The third kappa shape index (κ3) is 2.49. The number of anilines is 2. The van der Waals surface area contributed by atoms with E-state index in [2.05, 4.69) is 20.3 Å². The molecule has 18 heavy (non-hydrogen) atoms. The second-order valence-corrected chi connectivity index (χ2v) is 3.83. The highest BCUT2D eigenvalue weighted by Gasteiger charge is 2.17. The van der Waals surface area contributed by atoms with Gasteiger partial charge in [-0.15, -0.1) is 0 Å². The van der Waals surface area contributed by atoms with Crippen molar-refractivity contribution in [1.82, 2.24) is 15.0 Å². The molecule has 0 saturated heterocycles. The molecule has 98 valence electrons. The van der Waals surface area contributed by atoms with Crippen LogP contribution in [-0.4, -0.2) is 44.9 Å². The number of imidazole rings is 1. The zero-order valence-electron chi connectivity index (χ0n) is 9.93. The highest BCUT2D eigenvalue weighted by Crippen LogP contribution is 2.14. The molecule has 8 nitrogen and oxygen atoms in total. The van der Waals surface area contributed by atoms with Gasteiger partial charge < -0.3 is 26.2 Å². The van der Waals surface area contributed by atoms with E-state index in [4.69, 9.17) is 15.9 Å². The standard InChI is InChI=1S/C10H16N6O2/c11-8-7-9(15-10(14-7)12-2-5-18)16(6-13-8)3-1-4-17/h6,17-18H,1-5H2,(H3,11,12,14,15)/p+1. The van der Waals surface area contributed by atoms with Crippen LogP contribution >= 0.6 is 0 Å². The van der Waals surface area contributed by atoms with Gasteiger partial charge in [0.25, 0.3) is 11.6 Å². The third-order valence-electron chi connectivity index (χ3n) is 2.51. The van der Waals surface area contributed by atoms with Crippen molar-refractivity contribution in [2.45, 2.75) is 13.0 Å². The van der Waals surface area contributed by atoms with Gasteiger partial charge in [-0.25, -0.2) is 4.57 Å². The van der Waals surface area contributed by atoms with Crippen LogP contribution in [0.4, 0.5) is 11.8 Å². The van der Waals surface area contributed by atoms with Gasteiger partial charge in [-0.3, -0.25) is 0 Å². The molecule has 2 aromatic rings.